The highest BCUT2D eigenvalue weighted by molar-refractivity contribution is 5.95. The average Bonchev–Trinajstić information content (AvgIpc) is 2.37. The smallest absolute Gasteiger partial charge is 0.243 e. The van der Waals surface area contributed by atoms with Gasteiger partial charge in [0.05, 0.1) is 24.0 Å². The van der Waals surface area contributed by atoms with Crippen LogP contribution in [-0.2, 0) is 9.59 Å². The van der Waals surface area contributed by atoms with Crippen LogP contribution in [0.4, 0.5) is 5.69 Å². The molecule has 1 atom stereocenters. The van der Waals surface area contributed by atoms with Crippen molar-refractivity contribution in [1.82, 2.24) is 10.3 Å². The molecule has 1 aromatic rings. The molecule has 0 fully saturated rings. The zero-order valence-electron chi connectivity index (χ0n) is 11.3. The number of carbonyl (C=O) groups excluding carboxylic acids is 2. The molecule has 0 spiro atoms. The maximum absolute atomic E-state index is 11.8. The van der Waals surface area contributed by atoms with Crippen LogP contribution >= 0.6 is 0 Å². The molecule has 1 rings (SSSR count). The quantitative estimate of drug-likeness (QED) is 0.703. The Morgan fingerprint density at radius 1 is 1.47 bits per heavy atom. The van der Waals surface area contributed by atoms with Gasteiger partial charge < -0.3 is 16.4 Å². The van der Waals surface area contributed by atoms with E-state index in [2.05, 4.69) is 15.6 Å². The molecule has 4 N–H and O–H groups in total. The Bertz CT molecular complexity index is 432. The summed E-state index contributed by atoms with van der Waals surface area (Å²) in [5, 5.41) is 5.16. The number of nitrogens with one attached hydrogen (secondary N) is 2. The number of hydrogen-bond donors (Lipinski definition) is 3. The summed E-state index contributed by atoms with van der Waals surface area (Å²) >= 11 is 0. The first kappa shape index (κ1) is 15.1. The lowest BCUT2D eigenvalue weighted by Gasteiger charge is -2.22. The number of hydrogen-bond acceptors (Lipinski definition) is 4. The fourth-order valence-electron chi connectivity index (χ4n) is 1.64. The third-order valence-electron chi connectivity index (χ3n) is 2.64. The van der Waals surface area contributed by atoms with Crippen LogP contribution in [0.2, 0.25) is 0 Å². The first-order valence-electron chi connectivity index (χ1n) is 6.23. The van der Waals surface area contributed by atoms with E-state index in [1.807, 2.05) is 6.92 Å². The minimum absolute atomic E-state index is 0.107. The summed E-state index contributed by atoms with van der Waals surface area (Å²) in [5.74, 6) is -0.635. The lowest BCUT2D eigenvalue weighted by atomic mass is 9.96. The molecule has 0 saturated carbocycles. The van der Waals surface area contributed by atoms with Crippen molar-refractivity contribution in [2.45, 2.75) is 32.2 Å². The number of nitrogens with zero attached hydrogens (tertiary/aromatic N) is 1. The monoisotopic (exact) mass is 264 g/mol. The van der Waals surface area contributed by atoms with Gasteiger partial charge in [0, 0.05) is 6.20 Å². The van der Waals surface area contributed by atoms with Gasteiger partial charge in [0.25, 0.3) is 0 Å². The average molecular weight is 264 g/mol. The topological polar surface area (TPSA) is 97.1 Å². The zero-order valence-corrected chi connectivity index (χ0v) is 11.3. The second-order valence-corrected chi connectivity index (χ2v) is 4.64. The summed E-state index contributed by atoms with van der Waals surface area (Å²) in [4.78, 5) is 27.3. The minimum atomic E-state index is -0.941. The second kappa shape index (κ2) is 6.84. The largest absolute Gasteiger partial charge is 0.345 e. The molecule has 104 valence electrons. The van der Waals surface area contributed by atoms with Gasteiger partial charge in [-0.15, -0.1) is 0 Å². The maximum Gasteiger partial charge on any atom is 0.243 e. The van der Waals surface area contributed by atoms with Crippen molar-refractivity contribution in [3.8, 4) is 0 Å². The molecule has 2 amide bonds. The van der Waals surface area contributed by atoms with Crippen LogP contribution in [0, 0.1) is 0 Å². The van der Waals surface area contributed by atoms with Gasteiger partial charge >= 0.3 is 0 Å². The van der Waals surface area contributed by atoms with Crippen LogP contribution in [-0.4, -0.2) is 28.9 Å². The molecule has 0 aliphatic carbocycles. The highest BCUT2D eigenvalue weighted by Crippen LogP contribution is 2.08. The Hall–Kier alpha value is -1.95. The van der Waals surface area contributed by atoms with Crippen LogP contribution in [0.25, 0.3) is 0 Å². The normalized spacial score (nSPS) is 13.4. The predicted molar refractivity (Wildman–Crippen MR) is 73.4 cm³/mol. The van der Waals surface area contributed by atoms with Crippen molar-refractivity contribution < 1.29 is 9.59 Å². The van der Waals surface area contributed by atoms with E-state index in [1.54, 1.807) is 25.3 Å². The van der Waals surface area contributed by atoms with Crippen molar-refractivity contribution in [3.05, 3.63) is 24.5 Å². The van der Waals surface area contributed by atoms with Gasteiger partial charge in [-0.2, -0.15) is 0 Å². The zero-order chi connectivity index (χ0) is 14.3. The molecular weight excluding hydrogens is 244 g/mol. The molecule has 1 aromatic heterocycles. The van der Waals surface area contributed by atoms with E-state index in [0.29, 0.717) is 12.1 Å². The molecule has 0 saturated heterocycles. The summed E-state index contributed by atoms with van der Waals surface area (Å²) in [7, 11) is 0. The van der Waals surface area contributed by atoms with Crippen molar-refractivity contribution in [3.63, 3.8) is 0 Å². The van der Waals surface area contributed by atoms with Gasteiger partial charge in [0.1, 0.15) is 0 Å². The van der Waals surface area contributed by atoms with Crippen LogP contribution in [0.3, 0.4) is 0 Å². The standard InChI is InChI=1S/C13H20N4O2/c1-3-6-13(2,14)12(19)16-9-11(18)17-10-5-4-7-15-8-10/h4-5,7-8H,3,6,9,14H2,1-2H3,(H,16,19)(H,17,18). The summed E-state index contributed by atoms with van der Waals surface area (Å²) in [6.07, 6.45) is 4.53. The van der Waals surface area contributed by atoms with E-state index < -0.39 is 5.54 Å². The van der Waals surface area contributed by atoms with E-state index in [4.69, 9.17) is 5.73 Å². The number of pyridine rings is 1. The van der Waals surface area contributed by atoms with Crippen molar-refractivity contribution in [2.24, 2.45) is 5.73 Å². The van der Waals surface area contributed by atoms with Crippen LogP contribution in [0.5, 0.6) is 0 Å². The van der Waals surface area contributed by atoms with E-state index in [9.17, 15) is 9.59 Å². The van der Waals surface area contributed by atoms with Gasteiger partial charge in [-0.25, -0.2) is 0 Å². The highest BCUT2D eigenvalue weighted by Gasteiger charge is 2.27. The van der Waals surface area contributed by atoms with Crippen molar-refractivity contribution >= 4 is 17.5 Å². The lowest BCUT2D eigenvalue weighted by molar-refractivity contribution is -0.128. The van der Waals surface area contributed by atoms with Gasteiger partial charge in [-0.05, 0) is 25.5 Å². The van der Waals surface area contributed by atoms with E-state index in [-0.39, 0.29) is 18.4 Å². The summed E-state index contributed by atoms with van der Waals surface area (Å²) < 4.78 is 0. The summed E-state index contributed by atoms with van der Waals surface area (Å²) in [6.45, 7) is 3.50. The molecule has 6 nitrogen and oxygen atoms in total. The van der Waals surface area contributed by atoms with Gasteiger partial charge in [0.15, 0.2) is 0 Å². The Kier molecular flexibility index (Phi) is 5.44. The Morgan fingerprint density at radius 2 is 2.21 bits per heavy atom. The number of rotatable bonds is 6. The van der Waals surface area contributed by atoms with E-state index in [0.717, 1.165) is 6.42 Å². The summed E-state index contributed by atoms with van der Waals surface area (Å²) in [6, 6.07) is 3.43. The molecule has 19 heavy (non-hydrogen) atoms. The molecule has 0 aromatic carbocycles. The summed E-state index contributed by atoms with van der Waals surface area (Å²) in [5.41, 5.74) is 5.50. The predicted octanol–water partition coefficient (Wildman–Crippen LogP) is 0.654. The first-order chi connectivity index (χ1) is 8.95. The molecule has 0 aliphatic rings. The molecular formula is C13H20N4O2. The number of nitrogens with two attached hydrogens (primary N) is 1. The van der Waals surface area contributed by atoms with E-state index >= 15 is 0 Å². The lowest BCUT2D eigenvalue weighted by Crippen LogP contribution is -2.52. The van der Waals surface area contributed by atoms with Crippen LogP contribution in [0.1, 0.15) is 26.7 Å². The van der Waals surface area contributed by atoms with Gasteiger partial charge in [0.2, 0.25) is 11.8 Å². The van der Waals surface area contributed by atoms with Crippen LogP contribution in [0.15, 0.2) is 24.5 Å². The minimum Gasteiger partial charge on any atom is -0.345 e. The second-order valence-electron chi connectivity index (χ2n) is 4.64. The third kappa shape index (κ3) is 5.05. The molecule has 0 bridgehead atoms. The van der Waals surface area contributed by atoms with Gasteiger partial charge in [-0.1, -0.05) is 13.3 Å². The highest BCUT2D eigenvalue weighted by atomic mass is 16.2. The Balaban J connectivity index is 2.40. The SMILES string of the molecule is CCCC(C)(N)C(=O)NCC(=O)Nc1cccnc1. The first-order valence-corrected chi connectivity index (χ1v) is 6.23. The molecule has 1 unspecified atom stereocenters. The maximum atomic E-state index is 11.8. The van der Waals surface area contributed by atoms with Crippen molar-refractivity contribution in [2.75, 3.05) is 11.9 Å². The van der Waals surface area contributed by atoms with Gasteiger partial charge in [-0.3, -0.25) is 14.6 Å². The fourth-order valence-corrected chi connectivity index (χ4v) is 1.64. The molecule has 1 heterocycles. The van der Waals surface area contributed by atoms with E-state index in [1.165, 1.54) is 6.20 Å². The number of anilines is 1. The fraction of sp³-hybridized carbons (Fsp3) is 0.462. The third-order valence-corrected chi connectivity index (χ3v) is 2.64. The number of aromatic nitrogens is 1. The van der Waals surface area contributed by atoms with Crippen LogP contribution < -0.4 is 16.4 Å². The number of amides is 2. The number of carbonyl (C=O) groups is 2. The Morgan fingerprint density at radius 3 is 2.79 bits per heavy atom. The molecule has 6 heteroatoms. The Labute approximate surface area is 112 Å². The molecule has 0 radical (unpaired) electrons. The molecule has 0 aliphatic heterocycles. The van der Waals surface area contributed by atoms with Crippen molar-refractivity contribution in [1.29, 1.82) is 0 Å².